The van der Waals surface area contributed by atoms with Crippen LogP contribution in [0.1, 0.15) is 18.4 Å². The van der Waals surface area contributed by atoms with Crippen LogP contribution in [0, 0.1) is 11.6 Å². The van der Waals surface area contributed by atoms with Crippen molar-refractivity contribution in [1.82, 2.24) is 0 Å². The Hall–Kier alpha value is -1.43. The lowest BCUT2D eigenvalue weighted by atomic mass is 10.0. The Morgan fingerprint density at radius 2 is 2.06 bits per heavy atom. The van der Waals surface area contributed by atoms with E-state index in [1.54, 1.807) is 6.92 Å². The predicted octanol–water partition coefficient (Wildman–Crippen LogP) is 2.67. The van der Waals surface area contributed by atoms with Crippen LogP contribution < -0.4 is 0 Å². The minimum absolute atomic E-state index is 0.206. The van der Waals surface area contributed by atoms with Gasteiger partial charge in [-0.15, -0.1) is 0 Å². The van der Waals surface area contributed by atoms with Crippen LogP contribution in [-0.4, -0.2) is 27.9 Å². The molecule has 1 aromatic rings. The molecule has 1 heterocycles. The fourth-order valence-corrected chi connectivity index (χ4v) is 2.76. The summed E-state index contributed by atoms with van der Waals surface area (Å²) < 4.78 is 26.2. The van der Waals surface area contributed by atoms with Crippen molar-refractivity contribution in [3.8, 4) is 0 Å². The number of aliphatic carboxylic acids is 1. The number of carboxylic acid groups (broad SMARTS) is 1. The van der Waals surface area contributed by atoms with Gasteiger partial charge in [-0.05, 0) is 17.7 Å². The number of aliphatic imine (C=N–C) groups is 1. The van der Waals surface area contributed by atoms with Crippen molar-refractivity contribution in [2.45, 2.75) is 18.1 Å². The van der Waals surface area contributed by atoms with Gasteiger partial charge >= 0.3 is 5.97 Å². The van der Waals surface area contributed by atoms with Gasteiger partial charge in [0.05, 0.1) is 11.6 Å². The number of hydrogen-bond donors (Lipinski definition) is 1. The van der Waals surface area contributed by atoms with Gasteiger partial charge in [0.15, 0.2) is 0 Å². The lowest BCUT2D eigenvalue weighted by Gasteiger charge is -2.12. The fraction of sp³-hybridized carbons (Fsp3) is 0.333. The first kappa shape index (κ1) is 13.0. The number of nitrogens with zero attached hydrogens (tertiary/aromatic N) is 1. The molecule has 1 N–H and O–H groups in total. The van der Waals surface area contributed by atoms with Crippen molar-refractivity contribution < 1.29 is 18.7 Å². The van der Waals surface area contributed by atoms with Crippen molar-refractivity contribution >= 4 is 22.8 Å². The van der Waals surface area contributed by atoms with Crippen molar-refractivity contribution in [3.05, 3.63) is 35.4 Å². The normalized spacial score (nSPS) is 20.6. The van der Waals surface area contributed by atoms with E-state index in [9.17, 15) is 13.6 Å². The van der Waals surface area contributed by atoms with Crippen LogP contribution in [0.25, 0.3) is 0 Å². The molecule has 2 unspecified atom stereocenters. The number of thioether (sulfide) groups is 1. The Balaban J connectivity index is 2.17. The second-order valence-electron chi connectivity index (χ2n) is 4.05. The van der Waals surface area contributed by atoms with E-state index < -0.39 is 22.9 Å². The van der Waals surface area contributed by atoms with Crippen LogP contribution in [0.15, 0.2) is 23.2 Å². The number of rotatable bonds is 3. The molecule has 96 valence electrons. The third-order valence-electron chi connectivity index (χ3n) is 2.71. The number of halogens is 2. The lowest BCUT2D eigenvalue weighted by molar-refractivity contribution is -0.136. The number of hydrogen-bond acceptors (Lipinski definition) is 3. The SMILES string of the molecule is CC(C1=NCC(C(=O)O)S1)c1cc(F)cc(F)c1. The molecule has 0 bridgehead atoms. The molecule has 0 saturated heterocycles. The zero-order chi connectivity index (χ0) is 13.3. The summed E-state index contributed by atoms with van der Waals surface area (Å²) in [5.41, 5.74) is 0.463. The number of carbonyl (C=O) groups is 1. The molecule has 1 aliphatic rings. The zero-order valence-electron chi connectivity index (χ0n) is 9.56. The third kappa shape index (κ3) is 2.69. The van der Waals surface area contributed by atoms with Crippen LogP contribution in [0.5, 0.6) is 0 Å². The van der Waals surface area contributed by atoms with Gasteiger partial charge in [-0.2, -0.15) is 0 Å². The highest BCUT2D eigenvalue weighted by molar-refractivity contribution is 8.15. The zero-order valence-corrected chi connectivity index (χ0v) is 10.4. The Kier molecular flexibility index (Phi) is 3.65. The van der Waals surface area contributed by atoms with E-state index in [0.717, 1.165) is 17.8 Å². The van der Waals surface area contributed by atoms with Gasteiger partial charge in [0.2, 0.25) is 0 Å². The summed E-state index contributed by atoms with van der Waals surface area (Å²) in [7, 11) is 0. The molecule has 0 aromatic heterocycles. The molecular formula is C12H11F2NO2S. The summed E-state index contributed by atoms with van der Waals surface area (Å²) in [6, 6.07) is 3.29. The quantitative estimate of drug-likeness (QED) is 0.919. The minimum Gasteiger partial charge on any atom is -0.480 e. The molecule has 0 radical (unpaired) electrons. The summed E-state index contributed by atoms with van der Waals surface area (Å²) in [5.74, 6) is -2.51. The minimum atomic E-state index is -0.920. The molecule has 3 nitrogen and oxygen atoms in total. The van der Waals surface area contributed by atoms with Crippen molar-refractivity contribution in [1.29, 1.82) is 0 Å². The average molecular weight is 271 g/mol. The molecule has 0 saturated carbocycles. The maximum atomic E-state index is 13.1. The van der Waals surface area contributed by atoms with Crippen LogP contribution >= 0.6 is 11.8 Å². The lowest BCUT2D eigenvalue weighted by Crippen LogP contribution is -2.17. The largest absolute Gasteiger partial charge is 0.480 e. The molecule has 2 rings (SSSR count). The van der Waals surface area contributed by atoms with Gasteiger partial charge in [0, 0.05) is 12.0 Å². The highest BCUT2D eigenvalue weighted by atomic mass is 32.2. The second-order valence-corrected chi connectivity index (χ2v) is 5.27. The standard InChI is InChI=1S/C12H11F2NO2S/c1-6(7-2-8(13)4-9(14)3-7)11-15-5-10(18-11)12(16)17/h2-4,6,10H,5H2,1H3,(H,16,17). The Morgan fingerprint density at radius 1 is 1.44 bits per heavy atom. The van der Waals surface area contributed by atoms with Gasteiger partial charge in [-0.1, -0.05) is 18.7 Å². The fourth-order valence-electron chi connectivity index (χ4n) is 1.73. The van der Waals surface area contributed by atoms with Crippen LogP contribution in [0.3, 0.4) is 0 Å². The Labute approximate surface area is 107 Å². The number of benzene rings is 1. The molecule has 18 heavy (non-hydrogen) atoms. The summed E-state index contributed by atoms with van der Waals surface area (Å²) >= 11 is 1.14. The van der Waals surface area contributed by atoms with E-state index in [1.807, 2.05) is 0 Å². The van der Waals surface area contributed by atoms with E-state index in [0.29, 0.717) is 10.6 Å². The van der Waals surface area contributed by atoms with Gasteiger partial charge in [0.1, 0.15) is 16.9 Å². The van der Waals surface area contributed by atoms with Crippen molar-refractivity contribution in [2.75, 3.05) is 6.54 Å². The highest BCUT2D eigenvalue weighted by Gasteiger charge is 2.29. The molecule has 2 atom stereocenters. The molecule has 6 heteroatoms. The Bertz CT molecular complexity index is 499. The second kappa shape index (κ2) is 5.06. The van der Waals surface area contributed by atoms with Crippen molar-refractivity contribution in [3.63, 3.8) is 0 Å². The van der Waals surface area contributed by atoms with Gasteiger partial charge < -0.3 is 5.11 Å². The molecule has 0 aliphatic carbocycles. The van der Waals surface area contributed by atoms with Gasteiger partial charge in [-0.25, -0.2) is 8.78 Å². The monoisotopic (exact) mass is 271 g/mol. The first-order valence-corrected chi connectivity index (χ1v) is 6.25. The van der Waals surface area contributed by atoms with Gasteiger partial charge in [-0.3, -0.25) is 9.79 Å². The molecule has 0 fully saturated rings. The van der Waals surface area contributed by atoms with Crippen LogP contribution in [0.2, 0.25) is 0 Å². The molecule has 1 aliphatic heterocycles. The molecular weight excluding hydrogens is 260 g/mol. The average Bonchev–Trinajstić information content (AvgIpc) is 2.75. The topological polar surface area (TPSA) is 49.7 Å². The maximum Gasteiger partial charge on any atom is 0.318 e. The van der Waals surface area contributed by atoms with Crippen LogP contribution in [-0.2, 0) is 4.79 Å². The Morgan fingerprint density at radius 3 is 2.56 bits per heavy atom. The van der Waals surface area contributed by atoms with E-state index in [4.69, 9.17) is 5.11 Å². The summed E-state index contributed by atoms with van der Waals surface area (Å²) in [4.78, 5) is 14.9. The van der Waals surface area contributed by atoms with E-state index in [-0.39, 0.29) is 12.5 Å². The van der Waals surface area contributed by atoms with Crippen LogP contribution in [0.4, 0.5) is 8.78 Å². The summed E-state index contributed by atoms with van der Waals surface area (Å²) in [5, 5.41) is 8.87. The molecule has 0 spiro atoms. The van der Waals surface area contributed by atoms with E-state index in [2.05, 4.69) is 4.99 Å². The van der Waals surface area contributed by atoms with Gasteiger partial charge in [0.25, 0.3) is 0 Å². The predicted molar refractivity (Wildman–Crippen MR) is 66.1 cm³/mol. The molecule has 1 aromatic carbocycles. The van der Waals surface area contributed by atoms with E-state index >= 15 is 0 Å². The van der Waals surface area contributed by atoms with E-state index in [1.165, 1.54) is 12.1 Å². The highest BCUT2D eigenvalue weighted by Crippen LogP contribution is 2.31. The summed E-state index contributed by atoms with van der Waals surface area (Å²) in [6.07, 6.45) is 0. The first-order chi connectivity index (χ1) is 8.47. The third-order valence-corrected chi connectivity index (χ3v) is 4.07. The number of carboxylic acids is 1. The van der Waals surface area contributed by atoms with Crippen molar-refractivity contribution in [2.24, 2.45) is 4.99 Å². The summed E-state index contributed by atoms with van der Waals surface area (Å²) in [6.45, 7) is 1.96. The smallest absolute Gasteiger partial charge is 0.318 e. The molecule has 0 amide bonds. The maximum absolute atomic E-state index is 13.1. The first-order valence-electron chi connectivity index (χ1n) is 5.37.